The molecular formula is C8H6N2O2S. The number of hydrogen-bond acceptors (Lipinski definition) is 3. The fourth-order valence-electron chi connectivity index (χ4n) is 1.10. The van der Waals surface area contributed by atoms with Crippen molar-refractivity contribution in [2.45, 2.75) is 0 Å². The predicted octanol–water partition coefficient (Wildman–Crippen LogP) is 2.39. The number of hydrogen-bond donors (Lipinski definition) is 2. The van der Waals surface area contributed by atoms with Gasteiger partial charge >= 0.3 is 6.09 Å². The number of rotatable bonds is 1. The highest BCUT2D eigenvalue weighted by molar-refractivity contribution is 7.16. The van der Waals surface area contributed by atoms with E-state index in [2.05, 4.69) is 10.3 Å². The summed E-state index contributed by atoms with van der Waals surface area (Å²) in [5.41, 5.74) is 2.93. The molecule has 0 aliphatic heterocycles. The number of carboxylic acid groups (broad SMARTS) is 1. The number of thiazole rings is 1. The summed E-state index contributed by atoms with van der Waals surface area (Å²) in [7, 11) is 0. The highest BCUT2D eigenvalue weighted by Gasteiger charge is 2.04. The Kier molecular flexibility index (Phi) is 1.86. The summed E-state index contributed by atoms with van der Waals surface area (Å²) in [5, 5.41) is 10.8. The highest BCUT2D eigenvalue weighted by Crippen LogP contribution is 2.24. The number of nitrogens with zero attached hydrogens (tertiary/aromatic N) is 1. The Balaban J connectivity index is 2.54. The lowest BCUT2D eigenvalue weighted by Crippen LogP contribution is -2.07. The molecule has 4 nitrogen and oxygen atoms in total. The lowest BCUT2D eigenvalue weighted by Gasteiger charge is -1.99. The largest absolute Gasteiger partial charge is 0.465 e. The topological polar surface area (TPSA) is 62.2 Å². The number of aromatic nitrogens is 1. The lowest BCUT2D eigenvalue weighted by atomic mass is 10.3. The van der Waals surface area contributed by atoms with Crippen LogP contribution in [-0.2, 0) is 0 Å². The third-order valence-corrected chi connectivity index (χ3v) is 2.40. The molecule has 13 heavy (non-hydrogen) atoms. The van der Waals surface area contributed by atoms with E-state index in [4.69, 9.17) is 5.11 Å². The number of nitrogens with one attached hydrogen (secondary N) is 1. The molecule has 1 aromatic carbocycles. The van der Waals surface area contributed by atoms with Gasteiger partial charge in [0.25, 0.3) is 0 Å². The smallest absolute Gasteiger partial charge is 0.409 e. The van der Waals surface area contributed by atoms with Gasteiger partial charge < -0.3 is 5.11 Å². The molecule has 2 aromatic rings. The number of amides is 1. The van der Waals surface area contributed by atoms with Crippen molar-refractivity contribution in [1.29, 1.82) is 0 Å². The van der Waals surface area contributed by atoms with E-state index >= 15 is 0 Å². The highest BCUT2D eigenvalue weighted by atomic mass is 32.1. The predicted molar refractivity (Wildman–Crippen MR) is 51.3 cm³/mol. The molecule has 0 spiro atoms. The van der Waals surface area contributed by atoms with Gasteiger partial charge in [0.1, 0.15) is 5.52 Å². The fourth-order valence-corrected chi connectivity index (χ4v) is 1.81. The maximum atomic E-state index is 10.4. The zero-order chi connectivity index (χ0) is 9.26. The van der Waals surface area contributed by atoms with E-state index in [1.54, 1.807) is 17.6 Å². The Labute approximate surface area is 77.8 Å². The van der Waals surface area contributed by atoms with E-state index in [0.29, 0.717) is 11.2 Å². The Morgan fingerprint density at radius 3 is 3.15 bits per heavy atom. The summed E-state index contributed by atoms with van der Waals surface area (Å²) in [6.45, 7) is 0. The van der Waals surface area contributed by atoms with E-state index < -0.39 is 6.09 Å². The van der Waals surface area contributed by atoms with Crippen molar-refractivity contribution in [2.75, 3.05) is 5.32 Å². The lowest BCUT2D eigenvalue weighted by molar-refractivity contribution is 0.210. The summed E-state index contributed by atoms with van der Waals surface area (Å²) in [6, 6.07) is 5.39. The Hall–Kier alpha value is -1.62. The molecule has 2 N–H and O–H groups in total. The van der Waals surface area contributed by atoms with Gasteiger partial charge in [0.05, 0.1) is 15.9 Å². The maximum Gasteiger partial charge on any atom is 0.409 e. The van der Waals surface area contributed by atoms with Gasteiger partial charge in [-0.05, 0) is 12.1 Å². The van der Waals surface area contributed by atoms with Crippen LogP contribution in [-0.4, -0.2) is 16.2 Å². The van der Waals surface area contributed by atoms with Gasteiger partial charge in [0, 0.05) is 0 Å². The van der Waals surface area contributed by atoms with Gasteiger partial charge in [-0.1, -0.05) is 6.07 Å². The molecule has 0 aliphatic rings. The molecule has 0 saturated carbocycles. The second kappa shape index (κ2) is 3.02. The van der Waals surface area contributed by atoms with E-state index in [1.807, 2.05) is 6.07 Å². The van der Waals surface area contributed by atoms with Crippen LogP contribution in [0.4, 0.5) is 10.5 Å². The van der Waals surface area contributed by atoms with Gasteiger partial charge in [-0.25, -0.2) is 9.78 Å². The van der Waals surface area contributed by atoms with Crippen molar-refractivity contribution in [1.82, 2.24) is 4.98 Å². The SMILES string of the molecule is O=C(O)Nc1cccc2scnc12. The molecule has 0 aliphatic carbocycles. The van der Waals surface area contributed by atoms with E-state index in [1.165, 1.54) is 11.3 Å². The first kappa shape index (κ1) is 8.00. The number of carbonyl (C=O) groups is 1. The molecule has 0 radical (unpaired) electrons. The van der Waals surface area contributed by atoms with Crippen LogP contribution in [0.5, 0.6) is 0 Å². The van der Waals surface area contributed by atoms with Crippen LogP contribution in [0.2, 0.25) is 0 Å². The molecule has 66 valence electrons. The normalized spacial score (nSPS) is 10.2. The van der Waals surface area contributed by atoms with E-state index in [9.17, 15) is 4.79 Å². The Bertz CT molecular complexity index is 452. The molecule has 0 bridgehead atoms. The molecule has 2 rings (SSSR count). The average Bonchev–Trinajstić information content (AvgIpc) is 2.51. The number of anilines is 1. The van der Waals surface area contributed by atoms with Gasteiger partial charge in [0.15, 0.2) is 0 Å². The van der Waals surface area contributed by atoms with Crippen molar-refractivity contribution < 1.29 is 9.90 Å². The number of benzene rings is 1. The molecule has 0 atom stereocenters. The molecule has 1 amide bonds. The fraction of sp³-hybridized carbons (Fsp3) is 0. The summed E-state index contributed by atoms with van der Waals surface area (Å²) < 4.78 is 0.978. The van der Waals surface area contributed by atoms with Crippen molar-refractivity contribution in [3.63, 3.8) is 0 Å². The van der Waals surface area contributed by atoms with E-state index in [-0.39, 0.29) is 0 Å². The molecule has 1 heterocycles. The van der Waals surface area contributed by atoms with Crippen LogP contribution in [0.25, 0.3) is 10.2 Å². The quantitative estimate of drug-likeness (QED) is 0.732. The standard InChI is InChI=1S/C8H6N2O2S/c11-8(12)10-5-2-1-3-6-7(5)9-4-13-6/h1-4,10H,(H,11,12). The third kappa shape index (κ3) is 1.46. The van der Waals surface area contributed by atoms with E-state index in [0.717, 1.165) is 4.70 Å². The third-order valence-electron chi connectivity index (χ3n) is 1.60. The summed E-state index contributed by atoms with van der Waals surface area (Å²) in [4.78, 5) is 14.5. The van der Waals surface area contributed by atoms with Gasteiger partial charge in [-0.2, -0.15) is 0 Å². The van der Waals surface area contributed by atoms with Crippen LogP contribution in [0, 0.1) is 0 Å². The molecule has 0 unspecified atom stereocenters. The minimum Gasteiger partial charge on any atom is -0.465 e. The molecule has 1 aromatic heterocycles. The number of para-hydroxylation sites is 1. The van der Waals surface area contributed by atoms with Gasteiger partial charge in [-0.3, -0.25) is 5.32 Å². The van der Waals surface area contributed by atoms with Crippen LogP contribution in [0.15, 0.2) is 23.7 Å². The van der Waals surface area contributed by atoms with Crippen molar-refractivity contribution >= 4 is 33.3 Å². The number of fused-ring (bicyclic) bond motifs is 1. The van der Waals surface area contributed by atoms with Crippen molar-refractivity contribution in [3.05, 3.63) is 23.7 Å². The van der Waals surface area contributed by atoms with Gasteiger partial charge in [0.2, 0.25) is 0 Å². The first-order valence-corrected chi connectivity index (χ1v) is 4.47. The molecular weight excluding hydrogens is 188 g/mol. The monoisotopic (exact) mass is 194 g/mol. The van der Waals surface area contributed by atoms with Crippen LogP contribution < -0.4 is 5.32 Å². The molecule has 0 saturated heterocycles. The maximum absolute atomic E-state index is 10.4. The second-order valence-electron chi connectivity index (χ2n) is 2.43. The Morgan fingerprint density at radius 2 is 2.38 bits per heavy atom. The first-order valence-electron chi connectivity index (χ1n) is 3.59. The van der Waals surface area contributed by atoms with Gasteiger partial charge in [-0.15, -0.1) is 11.3 Å². The zero-order valence-corrected chi connectivity index (χ0v) is 7.34. The molecule has 0 fully saturated rings. The average molecular weight is 194 g/mol. The molecule has 5 heteroatoms. The van der Waals surface area contributed by atoms with Crippen molar-refractivity contribution in [2.24, 2.45) is 0 Å². The minimum absolute atomic E-state index is 0.534. The summed E-state index contributed by atoms with van der Waals surface area (Å²) in [6.07, 6.45) is -1.07. The minimum atomic E-state index is -1.07. The second-order valence-corrected chi connectivity index (χ2v) is 3.32. The van der Waals surface area contributed by atoms with Crippen molar-refractivity contribution in [3.8, 4) is 0 Å². The zero-order valence-electron chi connectivity index (χ0n) is 6.52. The van der Waals surface area contributed by atoms with Crippen LogP contribution in [0.1, 0.15) is 0 Å². The van der Waals surface area contributed by atoms with Crippen LogP contribution in [0.3, 0.4) is 0 Å². The summed E-state index contributed by atoms with van der Waals surface area (Å²) in [5.74, 6) is 0. The van der Waals surface area contributed by atoms with Crippen LogP contribution >= 0.6 is 11.3 Å². The first-order chi connectivity index (χ1) is 6.27. The Morgan fingerprint density at radius 1 is 1.54 bits per heavy atom. The summed E-state index contributed by atoms with van der Waals surface area (Å²) >= 11 is 1.48.